The number of rotatable bonds is 5. The molecule has 2 nitrogen and oxygen atoms in total. The standard InChI is InChI=1S/C6H12O2.2CH4/c1-3-4-8-6-5-7-2;;/h3H,1,4-6H2,2H3;2*1H4. The van der Waals surface area contributed by atoms with E-state index in [2.05, 4.69) is 6.58 Å². The molecule has 0 aliphatic rings. The van der Waals surface area contributed by atoms with Crippen molar-refractivity contribution in [3.05, 3.63) is 12.7 Å². The van der Waals surface area contributed by atoms with E-state index in [1.54, 1.807) is 13.2 Å². The highest BCUT2D eigenvalue weighted by Crippen LogP contribution is 1.74. The maximum Gasteiger partial charge on any atom is 0.0704 e. The molecule has 0 N–H and O–H groups in total. The fraction of sp³-hybridized carbons (Fsp3) is 0.750. The third kappa shape index (κ3) is 15.6. The maximum absolute atomic E-state index is 4.98. The molecule has 0 aromatic carbocycles. The summed E-state index contributed by atoms with van der Waals surface area (Å²) in [4.78, 5) is 0. The van der Waals surface area contributed by atoms with Crippen LogP contribution < -0.4 is 0 Å². The Balaban J connectivity index is -0.000000245. The van der Waals surface area contributed by atoms with Crippen LogP contribution in [0, 0.1) is 0 Å². The number of hydrogen-bond acceptors (Lipinski definition) is 2. The molecule has 0 aliphatic heterocycles. The predicted molar refractivity (Wildman–Crippen MR) is 46.4 cm³/mol. The molecule has 0 aromatic rings. The molecule has 0 spiro atoms. The average molecular weight is 148 g/mol. The molecule has 2 heteroatoms. The molecule has 0 heterocycles. The molecular formula is C8H20O2. The van der Waals surface area contributed by atoms with Crippen LogP contribution in [0.15, 0.2) is 12.7 Å². The predicted octanol–water partition coefficient (Wildman–Crippen LogP) is 2.11. The molecule has 0 amide bonds. The van der Waals surface area contributed by atoms with Gasteiger partial charge in [-0.1, -0.05) is 20.9 Å². The lowest BCUT2D eigenvalue weighted by molar-refractivity contribution is 0.0854. The molecule has 0 aromatic heterocycles. The molecule has 64 valence electrons. The zero-order chi connectivity index (χ0) is 6.24. The van der Waals surface area contributed by atoms with Crippen LogP contribution in [-0.2, 0) is 9.47 Å². The summed E-state index contributed by atoms with van der Waals surface area (Å²) in [7, 11) is 1.65. The third-order valence-corrected chi connectivity index (χ3v) is 0.667. The van der Waals surface area contributed by atoms with Crippen molar-refractivity contribution in [2.24, 2.45) is 0 Å². The van der Waals surface area contributed by atoms with Gasteiger partial charge in [-0.3, -0.25) is 0 Å². The third-order valence-electron chi connectivity index (χ3n) is 0.667. The minimum Gasteiger partial charge on any atom is -0.382 e. The monoisotopic (exact) mass is 148 g/mol. The van der Waals surface area contributed by atoms with E-state index in [0.29, 0.717) is 19.8 Å². The van der Waals surface area contributed by atoms with Crippen LogP contribution in [0.3, 0.4) is 0 Å². The van der Waals surface area contributed by atoms with Crippen LogP contribution in [0.25, 0.3) is 0 Å². The molecule has 0 bridgehead atoms. The molecule has 0 atom stereocenters. The van der Waals surface area contributed by atoms with Gasteiger partial charge in [0.25, 0.3) is 0 Å². The fourth-order valence-electron chi connectivity index (χ4n) is 0.309. The average Bonchev–Trinajstić information content (AvgIpc) is 1.81. The topological polar surface area (TPSA) is 18.5 Å². The van der Waals surface area contributed by atoms with E-state index in [0.717, 1.165) is 0 Å². The molecule has 0 aliphatic carbocycles. The second kappa shape index (κ2) is 15.9. The maximum atomic E-state index is 4.98. The highest BCUT2D eigenvalue weighted by atomic mass is 16.5. The van der Waals surface area contributed by atoms with E-state index in [-0.39, 0.29) is 14.9 Å². The first-order chi connectivity index (χ1) is 3.91. The first-order valence-corrected chi connectivity index (χ1v) is 2.59. The molecule has 0 unspecified atom stereocenters. The van der Waals surface area contributed by atoms with Crippen molar-refractivity contribution in [1.29, 1.82) is 0 Å². The van der Waals surface area contributed by atoms with E-state index in [9.17, 15) is 0 Å². The van der Waals surface area contributed by atoms with E-state index in [4.69, 9.17) is 9.47 Å². The van der Waals surface area contributed by atoms with Gasteiger partial charge in [-0.2, -0.15) is 0 Å². The Bertz CT molecular complexity index is 53.2. The minimum atomic E-state index is 0. The van der Waals surface area contributed by atoms with Gasteiger partial charge in [-0.25, -0.2) is 0 Å². The van der Waals surface area contributed by atoms with Crippen LogP contribution in [0.2, 0.25) is 0 Å². The molecular weight excluding hydrogens is 128 g/mol. The highest BCUT2D eigenvalue weighted by molar-refractivity contribution is 4.63. The van der Waals surface area contributed by atoms with E-state index < -0.39 is 0 Å². The number of hydrogen-bond donors (Lipinski definition) is 0. The minimum absolute atomic E-state index is 0. The lowest BCUT2D eigenvalue weighted by atomic mass is 10.7. The zero-order valence-corrected chi connectivity index (χ0v) is 5.22. The van der Waals surface area contributed by atoms with E-state index >= 15 is 0 Å². The van der Waals surface area contributed by atoms with Crippen LogP contribution >= 0.6 is 0 Å². The van der Waals surface area contributed by atoms with Crippen molar-refractivity contribution >= 4 is 0 Å². The van der Waals surface area contributed by atoms with Crippen LogP contribution in [0.5, 0.6) is 0 Å². The first-order valence-electron chi connectivity index (χ1n) is 2.59. The van der Waals surface area contributed by atoms with Gasteiger partial charge in [0, 0.05) is 7.11 Å². The lowest BCUT2D eigenvalue weighted by Gasteiger charge is -1.96. The zero-order valence-electron chi connectivity index (χ0n) is 5.22. The summed E-state index contributed by atoms with van der Waals surface area (Å²) < 4.78 is 9.71. The summed E-state index contributed by atoms with van der Waals surface area (Å²) in [6.07, 6.45) is 1.72. The Hall–Kier alpha value is -0.340. The summed E-state index contributed by atoms with van der Waals surface area (Å²) in [5.74, 6) is 0. The van der Waals surface area contributed by atoms with Gasteiger partial charge in [-0.05, 0) is 0 Å². The highest BCUT2D eigenvalue weighted by Gasteiger charge is 1.79. The van der Waals surface area contributed by atoms with Gasteiger partial charge in [-0.15, -0.1) is 6.58 Å². The molecule has 0 saturated heterocycles. The van der Waals surface area contributed by atoms with Crippen LogP contribution in [-0.4, -0.2) is 26.9 Å². The second-order valence-corrected chi connectivity index (χ2v) is 1.36. The normalized spacial score (nSPS) is 7.30. The SMILES string of the molecule is C.C.C=CCOCCOC. The number of ether oxygens (including phenoxy) is 2. The van der Waals surface area contributed by atoms with Crippen LogP contribution in [0.4, 0.5) is 0 Å². The molecule has 0 radical (unpaired) electrons. The van der Waals surface area contributed by atoms with Crippen molar-refractivity contribution in [2.75, 3.05) is 26.9 Å². The largest absolute Gasteiger partial charge is 0.382 e. The van der Waals surface area contributed by atoms with Gasteiger partial charge in [0.2, 0.25) is 0 Å². The summed E-state index contributed by atoms with van der Waals surface area (Å²) >= 11 is 0. The van der Waals surface area contributed by atoms with Crippen LogP contribution in [0.1, 0.15) is 14.9 Å². The summed E-state index contributed by atoms with van der Waals surface area (Å²) in [6.45, 7) is 5.42. The second-order valence-electron chi connectivity index (χ2n) is 1.36. The molecule has 0 rings (SSSR count). The lowest BCUT2D eigenvalue weighted by Crippen LogP contribution is -2.00. The molecule has 0 fully saturated rings. The Morgan fingerprint density at radius 2 is 1.90 bits per heavy atom. The van der Waals surface area contributed by atoms with Gasteiger partial charge in [0.1, 0.15) is 0 Å². The van der Waals surface area contributed by atoms with Gasteiger partial charge in [0.15, 0.2) is 0 Å². The van der Waals surface area contributed by atoms with E-state index in [1.165, 1.54) is 0 Å². The smallest absolute Gasteiger partial charge is 0.0704 e. The molecule has 10 heavy (non-hydrogen) atoms. The Labute approximate surface area is 64.8 Å². The molecule has 0 saturated carbocycles. The number of methoxy groups -OCH3 is 1. The van der Waals surface area contributed by atoms with Crippen molar-refractivity contribution in [2.45, 2.75) is 14.9 Å². The van der Waals surface area contributed by atoms with Crippen molar-refractivity contribution in [1.82, 2.24) is 0 Å². The summed E-state index contributed by atoms with van der Waals surface area (Å²) in [5, 5.41) is 0. The van der Waals surface area contributed by atoms with Crippen molar-refractivity contribution < 1.29 is 9.47 Å². The van der Waals surface area contributed by atoms with Crippen molar-refractivity contribution in [3.63, 3.8) is 0 Å². The Kier molecular flexibility index (Phi) is 25.9. The Morgan fingerprint density at radius 1 is 1.30 bits per heavy atom. The quantitative estimate of drug-likeness (QED) is 0.439. The van der Waals surface area contributed by atoms with Gasteiger partial charge < -0.3 is 9.47 Å². The fourth-order valence-corrected chi connectivity index (χ4v) is 0.309. The Morgan fingerprint density at radius 3 is 2.30 bits per heavy atom. The van der Waals surface area contributed by atoms with E-state index in [1.807, 2.05) is 0 Å². The van der Waals surface area contributed by atoms with Gasteiger partial charge >= 0.3 is 0 Å². The first kappa shape index (κ1) is 16.3. The van der Waals surface area contributed by atoms with Crippen molar-refractivity contribution in [3.8, 4) is 0 Å². The summed E-state index contributed by atoms with van der Waals surface area (Å²) in [5.41, 5.74) is 0. The summed E-state index contributed by atoms with van der Waals surface area (Å²) in [6, 6.07) is 0. The van der Waals surface area contributed by atoms with Gasteiger partial charge in [0.05, 0.1) is 19.8 Å².